The zero-order valence-electron chi connectivity index (χ0n) is 7.40. The van der Waals surface area contributed by atoms with E-state index in [1.54, 1.807) is 6.07 Å². The van der Waals surface area contributed by atoms with Crippen LogP contribution in [0.15, 0.2) is 12.3 Å². The molecule has 0 bridgehead atoms. The van der Waals surface area contributed by atoms with Gasteiger partial charge in [0.1, 0.15) is 5.15 Å². The normalized spacial score (nSPS) is 15.1. The van der Waals surface area contributed by atoms with Crippen LogP contribution in [-0.2, 0) is 6.42 Å². The molecule has 4 nitrogen and oxygen atoms in total. The number of pyridine rings is 1. The average molecular weight is 213 g/mol. The number of halogens is 1. The van der Waals surface area contributed by atoms with Crippen molar-refractivity contribution in [2.24, 2.45) is 0 Å². The zero-order chi connectivity index (χ0) is 10.1. The molecule has 1 aliphatic heterocycles. The largest absolute Gasteiger partial charge is 0.465 e. The molecule has 1 amide bonds. The van der Waals surface area contributed by atoms with Gasteiger partial charge in [-0.3, -0.25) is 4.90 Å². The molecule has 14 heavy (non-hydrogen) atoms. The van der Waals surface area contributed by atoms with Crippen molar-refractivity contribution in [2.45, 2.75) is 12.8 Å². The Morgan fingerprint density at radius 1 is 1.64 bits per heavy atom. The van der Waals surface area contributed by atoms with E-state index in [0.717, 1.165) is 18.4 Å². The minimum Gasteiger partial charge on any atom is -0.465 e. The molecule has 0 radical (unpaired) electrons. The van der Waals surface area contributed by atoms with Crippen molar-refractivity contribution >= 4 is 23.4 Å². The molecule has 0 saturated carbocycles. The van der Waals surface area contributed by atoms with E-state index in [0.29, 0.717) is 17.4 Å². The van der Waals surface area contributed by atoms with E-state index in [9.17, 15) is 4.79 Å². The van der Waals surface area contributed by atoms with Crippen molar-refractivity contribution in [2.75, 3.05) is 11.4 Å². The lowest BCUT2D eigenvalue weighted by molar-refractivity contribution is 0.201. The fraction of sp³-hybridized carbons (Fsp3) is 0.333. The summed E-state index contributed by atoms with van der Waals surface area (Å²) in [6.45, 7) is 0.533. The van der Waals surface area contributed by atoms with Crippen molar-refractivity contribution in [3.05, 3.63) is 23.0 Å². The summed E-state index contributed by atoms with van der Waals surface area (Å²) in [6, 6.07) is 1.73. The molecule has 0 aromatic carbocycles. The molecule has 5 heteroatoms. The number of amides is 1. The number of hydrogen-bond donors (Lipinski definition) is 1. The molecule has 2 heterocycles. The number of hydrogen-bond acceptors (Lipinski definition) is 2. The quantitative estimate of drug-likeness (QED) is 0.671. The summed E-state index contributed by atoms with van der Waals surface area (Å²) in [5.74, 6) is 0. The minimum atomic E-state index is -0.935. The van der Waals surface area contributed by atoms with Gasteiger partial charge in [-0.1, -0.05) is 11.6 Å². The van der Waals surface area contributed by atoms with Crippen LogP contribution in [-0.4, -0.2) is 22.7 Å². The van der Waals surface area contributed by atoms with E-state index in [4.69, 9.17) is 16.7 Å². The number of carboxylic acid groups (broad SMARTS) is 1. The third-order valence-electron chi connectivity index (χ3n) is 2.28. The number of nitrogens with zero attached hydrogens (tertiary/aromatic N) is 2. The van der Waals surface area contributed by atoms with Crippen molar-refractivity contribution in [3.63, 3.8) is 0 Å². The van der Waals surface area contributed by atoms with Crippen LogP contribution in [0.1, 0.15) is 12.0 Å². The second-order valence-corrected chi connectivity index (χ2v) is 3.56. The monoisotopic (exact) mass is 212 g/mol. The molecule has 0 saturated heterocycles. The summed E-state index contributed by atoms with van der Waals surface area (Å²) >= 11 is 5.73. The highest BCUT2D eigenvalue weighted by atomic mass is 35.5. The average Bonchev–Trinajstić information content (AvgIpc) is 2.16. The number of fused-ring (bicyclic) bond motifs is 1. The minimum absolute atomic E-state index is 0.413. The summed E-state index contributed by atoms with van der Waals surface area (Å²) in [5.41, 5.74) is 1.62. The lowest BCUT2D eigenvalue weighted by Crippen LogP contribution is -2.34. The van der Waals surface area contributed by atoms with Crippen LogP contribution in [0.3, 0.4) is 0 Å². The van der Waals surface area contributed by atoms with Crippen LogP contribution in [0.5, 0.6) is 0 Å². The molecule has 1 aliphatic rings. The standard InChI is InChI=1S/C9H9ClN2O2/c10-8-4-6-2-1-3-12(9(13)14)7(6)5-11-8/h4-5H,1-3H2,(H,13,14). The van der Waals surface area contributed by atoms with Gasteiger partial charge in [0.15, 0.2) is 0 Å². The molecule has 0 aliphatic carbocycles. The summed E-state index contributed by atoms with van der Waals surface area (Å²) in [7, 11) is 0. The van der Waals surface area contributed by atoms with E-state index in [2.05, 4.69) is 4.98 Å². The van der Waals surface area contributed by atoms with Gasteiger partial charge >= 0.3 is 6.09 Å². The third-order valence-corrected chi connectivity index (χ3v) is 2.49. The first-order valence-electron chi connectivity index (χ1n) is 4.33. The maximum atomic E-state index is 10.9. The molecule has 0 spiro atoms. The first kappa shape index (κ1) is 9.27. The maximum absolute atomic E-state index is 10.9. The van der Waals surface area contributed by atoms with Crippen molar-refractivity contribution in [1.29, 1.82) is 0 Å². The molecule has 0 atom stereocenters. The van der Waals surface area contributed by atoms with Crippen LogP contribution in [0.4, 0.5) is 10.5 Å². The van der Waals surface area contributed by atoms with Crippen LogP contribution >= 0.6 is 11.6 Å². The number of anilines is 1. The van der Waals surface area contributed by atoms with E-state index < -0.39 is 6.09 Å². The van der Waals surface area contributed by atoms with Gasteiger partial charge in [-0.2, -0.15) is 0 Å². The second kappa shape index (κ2) is 3.46. The van der Waals surface area contributed by atoms with Gasteiger partial charge in [-0.15, -0.1) is 0 Å². The Morgan fingerprint density at radius 3 is 3.14 bits per heavy atom. The highest BCUT2D eigenvalue weighted by Gasteiger charge is 2.22. The van der Waals surface area contributed by atoms with E-state index in [1.807, 2.05) is 0 Å². The van der Waals surface area contributed by atoms with Gasteiger partial charge in [0.25, 0.3) is 0 Å². The Balaban J connectivity index is 2.44. The molecule has 1 N–H and O–H groups in total. The van der Waals surface area contributed by atoms with Gasteiger partial charge < -0.3 is 5.11 Å². The van der Waals surface area contributed by atoms with E-state index >= 15 is 0 Å². The lowest BCUT2D eigenvalue weighted by Gasteiger charge is -2.26. The SMILES string of the molecule is O=C(O)N1CCCc2cc(Cl)ncc21. The van der Waals surface area contributed by atoms with Crippen LogP contribution in [0.25, 0.3) is 0 Å². The first-order chi connectivity index (χ1) is 6.68. The molecule has 74 valence electrons. The molecule has 0 unspecified atom stereocenters. The third kappa shape index (κ3) is 1.53. The predicted molar refractivity (Wildman–Crippen MR) is 52.9 cm³/mol. The summed E-state index contributed by atoms with van der Waals surface area (Å²) in [6.07, 6.45) is 2.28. The van der Waals surface area contributed by atoms with Gasteiger partial charge in [0.05, 0.1) is 11.9 Å². The summed E-state index contributed by atoms with van der Waals surface area (Å²) in [4.78, 5) is 16.1. The van der Waals surface area contributed by atoms with Crippen molar-refractivity contribution in [1.82, 2.24) is 4.98 Å². The summed E-state index contributed by atoms with van der Waals surface area (Å²) in [5, 5.41) is 9.33. The summed E-state index contributed by atoms with van der Waals surface area (Å²) < 4.78 is 0. The number of rotatable bonds is 0. The lowest BCUT2D eigenvalue weighted by atomic mass is 10.0. The Morgan fingerprint density at radius 2 is 2.43 bits per heavy atom. The van der Waals surface area contributed by atoms with Gasteiger partial charge in [-0.25, -0.2) is 9.78 Å². The van der Waals surface area contributed by atoms with Crippen molar-refractivity contribution in [3.8, 4) is 0 Å². The molecular weight excluding hydrogens is 204 g/mol. The van der Waals surface area contributed by atoms with Gasteiger partial charge in [0.2, 0.25) is 0 Å². The number of carbonyl (C=O) groups is 1. The topological polar surface area (TPSA) is 53.4 Å². The predicted octanol–water partition coefficient (Wildman–Crippen LogP) is 2.17. The maximum Gasteiger partial charge on any atom is 0.411 e. The molecular formula is C9H9ClN2O2. The first-order valence-corrected chi connectivity index (χ1v) is 4.71. The van der Waals surface area contributed by atoms with Crippen molar-refractivity contribution < 1.29 is 9.90 Å². The Labute approximate surface area is 86.1 Å². The molecule has 0 fully saturated rings. The Bertz CT molecular complexity index is 381. The fourth-order valence-electron chi connectivity index (χ4n) is 1.65. The fourth-order valence-corrected chi connectivity index (χ4v) is 1.83. The van der Waals surface area contributed by atoms with Crippen LogP contribution in [0.2, 0.25) is 5.15 Å². The second-order valence-electron chi connectivity index (χ2n) is 3.17. The van der Waals surface area contributed by atoms with Gasteiger partial charge in [0, 0.05) is 6.54 Å². The molecule has 1 aromatic rings. The van der Waals surface area contributed by atoms with Crippen LogP contribution < -0.4 is 4.90 Å². The Kier molecular flexibility index (Phi) is 2.29. The Hall–Kier alpha value is -1.29. The smallest absolute Gasteiger partial charge is 0.411 e. The molecule has 1 aromatic heterocycles. The van der Waals surface area contributed by atoms with Crippen LogP contribution in [0, 0.1) is 0 Å². The zero-order valence-corrected chi connectivity index (χ0v) is 8.16. The van der Waals surface area contributed by atoms with Gasteiger partial charge in [-0.05, 0) is 24.5 Å². The number of aryl methyl sites for hydroxylation is 1. The number of aromatic nitrogens is 1. The van der Waals surface area contributed by atoms with E-state index in [1.165, 1.54) is 11.1 Å². The highest BCUT2D eigenvalue weighted by Crippen LogP contribution is 2.27. The molecule has 2 rings (SSSR count). The van der Waals surface area contributed by atoms with E-state index in [-0.39, 0.29) is 0 Å². The highest BCUT2D eigenvalue weighted by molar-refractivity contribution is 6.29.